The molecule has 0 amide bonds. The van der Waals surface area contributed by atoms with Gasteiger partial charge in [0.2, 0.25) is 0 Å². The Bertz CT molecular complexity index is 806. The standard InChI is InChI=1S/C16H13N3O2S/c20-16(21)14-9-17-15(22-14)7-6-13-8-18-19(11-13)10-12-4-2-1-3-5-12/h1-9,11H,10H2,(H,20,21)/b7-6-. The van der Waals surface area contributed by atoms with Crippen molar-refractivity contribution in [1.82, 2.24) is 14.8 Å². The molecule has 6 heteroatoms. The first-order valence-corrected chi connectivity index (χ1v) is 7.46. The fourth-order valence-electron chi connectivity index (χ4n) is 1.95. The van der Waals surface area contributed by atoms with Crippen LogP contribution in [0.15, 0.2) is 48.9 Å². The van der Waals surface area contributed by atoms with E-state index in [1.54, 1.807) is 12.3 Å². The topological polar surface area (TPSA) is 68.0 Å². The maximum Gasteiger partial charge on any atom is 0.347 e. The molecule has 0 atom stereocenters. The molecule has 1 N–H and O–H groups in total. The van der Waals surface area contributed by atoms with Crippen LogP contribution in [0.4, 0.5) is 0 Å². The molecule has 0 aliphatic rings. The SMILES string of the molecule is O=C(O)c1cnc(/C=C\c2cnn(Cc3ccccc3)c2)s1. The van der Waals surface area contributed by atoms with Crippen molar-refractivity contribution in [3.05, 3.63) is 69.9 Å². The lowest BCUT2D eigenvalue weighted by Gasteiger charge is -2.00. The summed E-state index contributed by atoms with van der Waals surface area (Å²) in [6.45, 7) is 0.717. The zero-order valence-electron chi connectivity index (χ0n) is 11.6. The van der Waals surface area contributed by atoms with E-state index in [4.69, 9.17) is 5.11 Å². The number of carboxylic acid groups (broad SMARTS) is 1. The molecule has 5 nitrogen and oxygen atoms in total. The van der Waals surface area contributed by atoms with Crippen LogP contribution in [-0.4, -0.2) is 25.8 Å². The van der Waals surface area contributed by atoms with E-state index in [9.17, 15) is 4.79 Å². The molecule has 2 aromatic heterocycles. The summed E-state index contributed by atoms with van der Waals surface area (Å²) < 4.78 is 1.86. The summed E-state index contributed by atoms with van der Waals surface area (Å²) in [4.78, 5) is 15.1. The van der Waals surface area contributed by atoms with E-state index >= 15 is 0 Å². The van der Waals surface area contributed by atoms with Crippen LogP contribution in [0.25, 0.3) is 12.2 Å². The van der Waals surface area contributed by atoms with Gasteiger partial charge in [-0.2, -0.15) is 5.10 Å². The Labute approximate surface area is 131 Å². The molecule has 3 aromatic rings. The number of hydrogen-bond acceptors (Lipinski definition) is 4. The summed E-state index contributed by atoms with van der Waals surface area (Å²) in [5, 5.41) is 13.8. The Hall–Kier alpha value is -2.73. The van der Waals surface area contributed by atoms with Crippen LogP contribution < -0.4 is 0 Å². The summed E-state index contributed by atoms with van der Waals surface area (Å²) in [6.07, 6.45) is 8.74. The molecule has 0 saturated heterocycles. The lowest BCUT2D eigenvalue weighted by atomic mass is 10.2. The molecule has 2 heterocycles. The molecule has 0 fully saturated rings. The second kappa shape index (κ2) is 6.36. The third-order valence-electron chi connectivity index (χ3n) is 2.99. The van der Waals surface area contributed by atoms with E-state index in [0.717, 1.165) is 23.4 Å². The predicted octanol–water partition coefficient (Wildman–Crippen LogP) is 3.26. The van der Waals surface area contributed by atoms with Crippen LogP contribution in [0, 0.1) is 0 Å². The minimum Gasteiger partial charge on any atom is -0.477 e. The Morgan fingerprint density at radius 2 is 2.05 bits per heavy atom. The number of carbonyl (C=O) groups is 1. The van der Waals surface area contributed by atoms with Gasteiger partial charge in [0.05, 0.1) is 18.9 Å². The number of carboxylic acids is 1. The highest BCUT2D eigenvalue weighted by atomic mass is 32.1. The van der Waals surface area contributed by atoms with Crippen LogP contribution in [0.3, 0.4) is 0 Å². The largest absolute Gasteiger partial charge is 0.477 e. The van der Waals surface area contributed by atoms with Crippen LogP contribution in [0.1, 0.15) is 25.8 Å². The van der Waals surface area contributed by atoms with E-state index in [1.165, 1.54) is 11.8 Å². The molecule has 0 saturated carbocycles. The normalized spacial score (nSPS) is 11.1. The second-order valence-corrected chi connectivity index (χ2v) is 5.72. The Morgan fingerprint density at radius 3 is 2.77 bits per heavy atom. The van der Waals surface area contributed by atoms with Crippen molar-refractivity contribution in [1.29, 1.82) is 0 Å². The van der Waals surface area contributed by atoms with Crippen molar-refractivity contribution < 1.29 is 9.90 Å². The molecule has 0 aliphatic carbocycles. The molecule has 0 spiro atoms. The van der Waals surface area contributed by atoms with Gasteiger partial charge in [-0.1, -0.05) is 30.3 Å². The lowest BCUT2D eigenvalue weighted by Crippen LogP contribution is -1.99. The summed E-state index contributed by atoms with van der Waals surface area (Å²) in [5.41, 5.74) is 2.13. The van der Waals surface area contributed by atoms with Gasteiger partial charge in [-0.25, -0.2) is 9.78 Å². The van der Waals surface area contributed by atoms with Crippen LogP contribution >= 0.6 is 11.3 Å². The van der Waals surface area contributed by atoms with Gasteiger partial charge in [0.25, 0.3) is 0 Å². The minimum absolute atomic E-state index is 0.236. The number of benzene rings is 1. The molecule has 0 unspecified atom stereocenters. The Balaban J connectivity index is 1.68. The van der Waals surface area contributed by atoms with E-state index in [0.29, 0.717) is 5.01 Å². The first kappa shape index (κ1) is 14.2. The first-order valence-electron chi connectivity index (χ1n) is 6.64. The zero-order valence-corrected chi connectivity index (χ0v) is 12.4. The van der Waals surface area contributed by atoms with E-state index in [1.807, 2.05) is 35.2 Å². The zero-order chi connectivity index (χ0) is 15.4. The lowest BCUT2D eigenvalue weighted by molar-refractivity contribution is 0.0702. The fraction of sp³-hybridized carbons (Fsp3) is 0.0625. The van der Waals surface area contributed by atoms with Gasteiger partial charge >= 0.3 is 5.97 Å². The Kier molecular flexibility index (Phi) is 4.11. The van der Waals surface area contributed by atoms with Crippen molar-refractivity contribution in [2.75, 3.05) is 0 Å². The number of nitrogens with zero attached hydrogens (tertiary/aromatic N) is 3. The monoisotopic (exact) mass is 311 g/mol. The van der Waals surface area contributed by atoms with Crippen molar-refractivity contribution in [3.63, 3.8) is 0 Å². The number of aromatic nitrogens is 3. The molecule has 22 heavy (non-hydrogen) atoms. The third kappa shape index (κ3) is 3.48. The van der Waals surface area contributed by atoms with Gasteiger partial charge in [0.15, 0.2) is 0 Å². The number of rotatable bonds is 5. The van der Waals surface area contributed by atoms with Crippen molar-refractivity contribution in [2.24, 2.45) is 0 Å². The Morgan fingerprint density at radius 1 is 1.23 bits per heavy atom. The molecule has 1 aromatic carbocycles. The number of aromatic carboxylic acids is 1. The van der Waals surface area contributed by atoms with Gasteiger partial charge in [0.1, 0.15) is 9.88 Å². The molecule has 0 radical (unpaired) electrons. The minimum atomic E-state index is -0.951. The summed E-state index contributed by atoms with van der Waals surface area (Å²) in [7, 11) is 0. The summed E-state index contributed by atoms with van der Waals surface area (Å²) in [5.74, 6) is -0.951. The number of hydrogen-bond donors (Lipinski definition) is 1. The van der Waals surface area contributed by atoms with Gasteiger partial charge < -0.3 is 5.11 Å². The van der Waals surface area contributed by atoms with Crippen LogP contribution in [0.5, 0.6) is 0 Å². The van der Waals surface area contributed by atoms with Crippen LogP contribution in [-0.2, 0) is 6.54 Å². The average Bonchev–Trinajstić information content (AvgIpc) is 3.15. The van der Waals surface area contributed by atoms with Crippen LogP contribution in [0.2, 0.25) is 0 Å². The van der Waals surface area contributed by atoms with E-state index < -0.39 is 5.97 Å². The molecule has 0 aliphatic heterocycles. The molecular weight excluding hydrogens is 298 g/mol. The third-order valence-corrected chi connectivity index (χ3v) is 3.94. The average molecular weight is 311 g/mol. The van der Waals surface area contributed by atoms with E-state index in [2.05, 4.69) is 22.2 Å². The highest BCUT2D eigenvalue weighted by Gasteiger charge is 2.06. The number of thiazole rings is 1. The van der Waals surface area contributed by atoms with Crippen molar-refractivity contribution in [2.45, 2.75) is 6.54 Å². The fourth-order valence-corrected chi connectivity index (χ4v) is 2.61. The highest BCUT2D eigenvalue weighted by Crippen LogP contribution is 2.16. The molecule has 110 valence electrons. The quantitative estimate of drug-likeness (QED) is 0.785. The van der Waals surface area contributed by atoms with E-state index in [-0.39, 0.29) is 4.88 Å². The summed E-state index contributed by atoms with van der Waals surface area (Å²) in [6, 6.07) is 10.1. The predicted molar refractivity (Wildman–Crippen MR) is 85.8 cm³/mol. The first-order chi connectivity index (χ1) is 10.7. The highest BCUT2D eigenvalue weighted by molar-refractivity contribution is 7.14. The van der Waals surface area contributed by atoms with Crippen molar-refractivity contribution in [3.8, 4) is 0 Å². The van der Waals surface area contributed by atoms with Gasteiger partial charge in [0, 0.05) is 11.8 Å². The molecular formula is C16H13N3O2S. The van der Waals surface area contributed by atoms with Gasteiger partial charge in [-0.15, -0.1) is 11.3 Å². The van der Waals surface area contributed by atoms with Crippen molar-refractivity contribution >= 4 is 29.5 Å². The maximum absolute atomic E-state index is 10.8. The molecule has 0 bridgehead atoms. The van der Waals surface area contributed by atoms with Gasteiger partial charge in [-0.3, -0.25) is 4.68 Å². The second-order valence-electron chi connectivity index (χ2n) is 4.66. The molecule has 3 rings (SSSR count). The smallest absolute Gasteiger partial charge is 0.347 e. The summed E-state index contributed by atoms with van der Waals surface area (Å²) >= 11 is 1.14. The maximum atomic E-state index is 10.8. The van der Waals surface area contributed by atoms with Gasteiger partial charge in [-0.05, 0) is 17.7 Å².